The smallest absolute Gasteiger partial charge is 0.237 e. The van der Waals surface area contributed by atoms with Gasteiger partial charge in [-0.1, -0.05) is 12.1 Å². The zero-order valence-corrected chi connectivity index (χ0v) is 11.2. The van der Waals surface area contributed by atoms with Crippen molar-refractivity contribution in [3.63, 3.8) is 0 Å². The van der Waals surface area contributed by atoms with Crippen molar-refractivity contribution < 1.29 is 4.79 Å². The van der Waals surface area contributed by atoms with Gasteiger partial charge in [-0.2, -0.15) is 15.6 Å². The number of nitrogens with one attached hydrogen (secondary N) is 2. The van der Waals surface area contributed by atoms with Crippen LogP contribution in [0.1, 0.15) is 25.0 Å². The first kappa shape index (κ1) is 13.6. The lowest BCUT2D eigenvalue weighted by molar-refractivity contribution is -0.126. The van der Waals surface area contributed by atoms with Crippen LogP contribution in [0.5, 0.6) is 0 Å². The Balaban J connectivity index is 2.48. The number of amides is 1. The predicted molar refractivity (Wildman–Crippen MR) is 73.6 cm³/mol. The van der Waals surface area contributed by atoms with Crippen molar-refractivity contribution in [1.82, 2.24) is 5.32 Å². The minimum atomic E-state index is -0.702. The van der Waals surface area contributed by atoms with Crippen molar-refractivity contribution in [2.24, 2.45) is 5.10 Å². The van der Waals surface area contributed by atoms with Gasteiger partial charge in [0.2, 0.25) is 11.6 Å². The second-order valence-corrected chi connectivity index (χ2v) is 4.94. The van der Waals surface area contributed by atoms with E-state index in [9.17, 15) is 4.79 Å². The van der Waals surface area contributed by atoms with E-state index < -0.39 is 5.41 Å². The highest BCUT2D eigenvalue weighted by atomic mass is 16.2. The predicted octanol–water partition coefficient (Wildman–Crippen LogP) is 1.41. The lowest BCUT2D eigenvalue weighted by atomic mass is 9.77. The van der Waals surface area contributed by atoms with Gasteiger partial charge in [-0.3, -0.25) is 10.2 Å². The Morgan fingerprint density at radius 1 is 1.40 bits per heavy atom. The molecule has 0 aliphatic carbocycles. The van der Waals surface area contributed by atoms with Crippen LogP contribution in [0.15, 0.2) is 23.3 Å². The summed E-state index contributed by atoms with van der Waals surface area (Å²) in [6, 6.07) is 8.90. The van der Waals surface area contributed by atoms with Crippen LogP contribution in [0.2, 0.25) is 0 Å². The molecule has 0 unspecified atom stereocenters. The lowest BCUT2D eigenvalue weighted by Crippen LogP contribution is -2.45. The van der Waals surface area contributed by atoms with Crippen LogP contribution in [-0.2, 0) is 16.8 Å². The second-order valence-electron chi connectivity index (χ2n) is 4.94. The normalized spacial score (nSPS) is 15.1. The first-order valence-corrected chi connectivity index (χ1v) is 6.05. The Morgan fingerprint density at radius 2 is 2.10 bits per heavy atom. The van der Waals surface area contributed by atoms with E-state index in [4.69, 9.17) is 10.5 Å². The molecular formula is C14H13N5O. The van der Waals surface area contributed by atoms with Gasteiger partial charge in [-0.05, 0) is 31.0 Å². The van der Waals surface area contributed by atoms with Crippen molar-refractivity contribution in [2.75, 3.05) is 5.43 Å². The van der Waals surface area contributed by atoms with Crippen LogP contribution in [-0.4, -0.2) is 11.6 Å². The third-order valence-electron chi connectivity index (χ3n) is 3.28. The van der Waals surface area contributed by atoms with E-state index in [1.807, 2.05) is 26.0 Å². The molecule has 0 saturated heterocycles. The molecule has 2 N–H and O–H groups in total. The van der Waals surface area contributed by atoms with E-state index >= 15 is 0 Å². The topological polar surface area (TPSA) is 101 Å². The monoisotopic (exact) mass is 267 g/mol. The van der Waals surface area contributed by atoms with Crippen molar-refractivity contribution in [3.8, 4) is 12.1 Å². The molecule has 0 fully saturated rings. The van der Waals surface area contributed by atoms with Gasteiger partial charge in [0.05, 0.1) is 11.1 Å². The van der Waals surface area contributed by atoms with E-state index in [0.717, 1.165) is 11.1 Å². The fourth-order valence-corrected chi connectivity index (χ4v) is 2.28. The fourth-order valence-electron chi connectivity index (χ4n) is 2.28. The molecule has 6 heteroatoms. The molecule has 1 aromatic carbocycles. The molecule has 0 saturated carbocycles. The highest BCUT2D eigenvalue weighted by Gasteiger charge is 2.37. The van der Waals surface area contributed by atoms with Gasteiger partial charge in [0.25, 0.3) is 0 Å². The van der Waals surface area contributed by atoms with Gasteiger partial charge >= 0.3 is 0 Å². The van der Waals surface area contributed by atoms with Crippen LogP contribution in [0, 0.1) is 22.7 Å². The number of hydrogen-bond donors (Lipinski definition) is 2. The van der Waals surface area contributed by atoms with Crippen molar-refractivity contribution in [1.29, 1.82) is 10.5 Å². The fraction of sp³-hybridized carbons (Fsp3) is 0.286. The Kier molecular flexibility index (Phi) is 3.41. The zero-order valence-electron chi connectivity index (χ0n) is 11.2. The summed E-state index contributed by atoms with van der Waals surface area (Å²) < 4.78 is 0. The van der Waals surface area contributed by atoms with E-state index in [1.165, 1.54) is 0 Å². The molecule has 0 aromatic heterocycles. The molecule has 0 bridgehead atoms. The quantitative estimate of drug-likeness (QED) is 0.624. The SMILES string of the molecule is CC1(C)C(=O)NCc2cccc(NN=C(C#N)C#N)c21. The molecule has 100 valence electrons. The van der Waals surface area contributed by atoms with Gasteiger partial charge in [0.15, 0.2) is 0 Å². The molecule has 0 atom stereocenters. The van der Waals surface area contributed by atoms with Gasteiger partial charge in [0.1, 0.15) is 12.1 Å². The Morgan fingerprint density at radius 3 is 2.75 bits per heavy atom. The number of hydrogen-bond acceptors (Lipinski definition) is 5. The second kappa shape index (κ2) is 5.02. The summed E-state index contributed by atoms with van der Waals surface area (Å²) in [5.74, 6) is -0.0657. The molecule has 1 heterocycles. The standard InChI is InChI=1S/C14H13N5O/c1-14(2)12-9(8-17-13(14)20)4-3-5-11(12)19-18-10(6-15)7-16/h3-5,19H,8H2,1-2H3,(H,17,20). The van der Waals surface area contributed by atoms with Crippen LogP contribution in [0.3, 0.4) is 0 Å². The van der Waals surface area contributed by atoms with Crippen molar-refractivity contribution in [2.45, 2.75) is 25.8 Å². The number of nitriles is 2. The molecule has 1 aliphatic rings. The van der Waals surface area contributed by atoms with Gasteiger partial charge in [-0.15, -0.1) is 0 Å². The van der Waals surface area contributed by atoms with Gasteiger partial charge in [0, 0.05) is 6.54 Å². The molecule has 1 amide bonds. The summed E-state index contributed by atoms with van der Waals surface area (Å²) >= 11 is 0. The number of carbonyl (C=O) groups is 1. The first-order chi connectivity index (χ1) is 9.50. The molecule has 0 radical (unpaired) electrons. The Labute approximate surface area is 116 Å². The maximum absolute atomic E-state index is 12.0. The molecule has 2 rings (SSSR count). The van der Waals surface area contributed by atoms with Crippen LogP contribution in [0.25, 0.3) is 0 Å². The summed E-state index contributed by atoms with van der Waals surface area (Å²) in [7, 11) is 0. The summed E-state index contributed by atoms with van der Waals surface area (Å²) in [6.07, 6.45) is 0. The Bertz CT molecular complexity index is 660. The molecule has 6 nitrogen and oxygen atoms in total. The van der Waals surface area contributed by atoms with Gasteiger partial charge in [-0.25, -0.2) is 0 Å². The minimum absolute atomic E-state index is 0.0657. The number of benzene rings is 1. The summed E-state index contributed by atoms with van der Waals surface area (Å²) in [5, 5.41) is 23.9. The van der Waals surface area contributed by atoms with Crippen LogP contribution in [0.4, 0.5) is 5.69 Å². The number of nitrogens with zero attached hydrogens (tertiary/aromatic N) is 3. The van der Waals surface area contributed by atoms with Crippen molar-refractivity contribution in [3.05, 3.63) is 29.3 Å². The number of carbonyl (C=O) groups excluding carboxylic acids is 1. The maximum atomic E-state index is 12.0. The molecule has 20 heavy (non-hydrogen) atoms. The average molecular weight is 267 g/mol. The molecule has 0 spiro atoms. The van der Waals surface area contributed by atoms with E-state index in [-0.39, 0.29) is 11.6 Å². The van der Waals surface area contributed by atoms with Crippen molar-refractivity contribution >= 4 is 17.3 Å². The van der Waals surface area contributed by atoms with Crippen LogP contribution < -0.4 is 10.7 Å². The molecule has 1 aromatic rings. The number of hydrazone groups is 1. The summed E-state index contributed by atoms with van der Waals surface area (Å²) in [5.41, 5.74) is 4.21. The van der Waals surface area contributed by atoms with E-state index in [2.05, 4.69) is 15.8 Å². The highest BCUT2D eigenvalue weighted by Crippen LogP contribution is 2.36. The van der Waals surface area contributed by atoms with E-state index in [0.29, 0.717) is 12.2 Å². The van der Waals surface area contributed by atoms with Crippen LogP contribution >= 0.6 is 0 Å². The number of rotatable bonds is 2. The third-order valence-corrected chi connectivity index (χ3v) is 3.28. The summed E-state index contributed by atoms with van der Waals surface area (Å²) in [6.45, 7) is 4.11. The molecular weight excluding hydrogens is 254 g/mol. The average Bonchev–Trinajstić information content (AvgIpc) is 2.44. The zero-order chi connectivity index (χ0) is 14.8. The summed E-state index contributed by atoms with van der Waals surface area (Å²) in [4.78, 5) is 12.0. The number of anilines is 1. The van der Waals surface area contributed by atoms with E-state index in [1.54, 1.807) is 18.2 Å². The molecule has 1 aliphatic heterocycles. The first-order valence-electron chi connectivity index (χ1n) is 6.05. The third kappa shape index (κ3) is 2.19. The highest BCUT2D eigenvalue weighted by molar-refractivity contribution is 6.10. The van der Waals surface area contributed by atoms with Gasteiger partial charge < -0.3 is 5.32 Å². The Hall–Kier alpha value is -2.86. The number of fused-ring (bicyclic) bond motifs is 1. The maximum Gasteiger partial charge on any atom is 0.237 e. The minimum Gasteiger partial charge on any atom is -0.351 e. The largest absolute Gasteiger partial charge is 0.351 e. The lowest BCUT2D eigenvalue weighted by Gasteiger charge is -2.33.